The molecule has 0 spiro atoms. The van der Waals surface area contributed by atoms with Gasteiger partial charge >= 0.3 is 5.97 Å². The van der Waals surface area contributed by atoms with Crippen LogP contribution in [-0.4, -0.2) is 88.4 Å². The van der Waals surface area contributed by atoms with Crippen molar-refractivity contribution in [2.45, 2.75) is 87.4 Å². The molecular weight excluding hydrogens is 1140 g/mol. The Hall–Kier alpha value is -10.6. The third-order valence-corrected chi connectivity index (χ3v) is 12.0. The van der Waals surface area contributed by atoms with Crippen LogP contribution in [-0.2, 0) is 45.3 Å². The number of aliphatic hydroxyl groups is 1. The number of ether oxygens (including phenoxy) is 2. The Morgan fingerprint density at radius 2 is 1.24 bits per heavy atom. The number of aliphatic hydroxyl groups excluding tert-OH is 1. The molecule has 3 atom stereocenters. The number of nitrogens with one attached hydrogen (secondary N) is 5. The molecule has 1 aliphatic rings. The number of nitriles is 2. The van der Waals surface area contributed by atoms with E-state index in [-0.39, 0.29) is 98.3 Å². The number of carbonyl (C=O) groups excluding carboxylic acids is 3. The zero-order valence-corrected chi connectivity index (χ0v) is 47.6. The number of anilines is 2. The highest BCUT2D eigenvalue weighted by atomic mass is 19.1. The van der Waals surface area contributed by atoms with Gasteiger partial charge in [-0.25, -0.2) is 32.6 Å². The summed E-state index contributed by atoms with van der Waals surface area (Å²) in [5, 5.41) is 62.1. The Morgan fingerprint density at radius 3 is 1.72 bits per heavy atom. The zero-order valence-electron chi connectivity index (χ0n) is 56.6. The highest BCUT2D eigenvalue weighted by molar-refractivity contribution is 5.96. The number of fused-ring (bicyclic) bond motifs is 1. The molecule has 466 valence electrons. The van der Waals surface area contributed by atoms with E-state index in [0.717, 1.165) is 34.0 Å². The first-order valence-corrected chi connectivity index (χ1v) is 25.7. The van der Waals surface area contributed by atoms with Crippen molar-refractivity contribution in [2.75, 3.05) is 31.8 Å². The fraction of sp³-hybridized carbons (Fsp3) is 0.306. The maximum Gasteiger partial charge on any atom is 0.339 e. The molecule has 6 heterocycles. The molecule has 0 bridgehead atoms. The van der Waals surface area contributed by atoms with Gasteiger partial charge in [0.25, 0.3) is 17.6 Å². The van der Waals surface area contributed by atoms with E-state index >= 15 is 0 Å². The van der Waals surface area contributed by atoms with Gasteiger partial charge in [0, 0.05) is 78.9 Å². The number of amides is 2. The summed E-state index contributed by atoms with van der Waals surface area (Å²) < 4.78 is 119. The average molecular weight is 1220 g/mol. The topological polar surface area (TPSA) is 301 Å². The number of esters is 1. The molecule has 0 saturated heterocycles. The van der Waals surface area contributed by atoms with Gasteiger partial charge in [-0.1, -0.05) is 21.4 Å². The van der Waals surface area contributed by atoms with E-state index in [0.29, 0.717) is 55.7 Å². The van der Waals surface area contributed by atoms with Crippen LogP contribution in [0.4, 0.5) is 30.6 Å². The van der Waals surface area contributed by atoms with E-state index in [1.165, 1.54) is 61.5 Å². The molecule has 0 saturated carbocycles. The van der Waals surface area contributed by atoms with Gasteiger partial charge < -0.3 is 51.1 Å². The Balaban J connectivity index is 0.000000446. The Morgan fingerprint density at radius 1 is 0.750 bits per heavy atom. The molecule has 23 nitrogen and oxygen atoms in total. The SMILES string of the molecule is C.C.CNc1ncc(C)cc1O.C[C@@H]1OC(=O)c2ccc(F)cc21.[2H]C([2H])([2H])n1nc(CNC(=O)c2ccc(F)cc2[C@@H](C)Oc2cc(C)cnc2NC)cc1C#N.[2H]C([2H])([2H])n1nc(CNC(=O)c2ccc(F)cc2[C@H](C)O)cc1C#N.[2H]C([2H])([2H])n1nc(CNC)cc1[N+]#[C-].[HH]. The number of aromatic nitrogens is 8. The Kier molecular flexibility index (Phi) is 22.2. The van der Waals surface area contributed by atoms with E-state index < -0.39 is 56.6 Å². The van der Waals surface area contributed by atoms with Crippen LogP contribution >= 0.6 is 0 Å². The predicted molar refractivity (Wildman–Crippen MR) is 327 cm³/mol. The number of pyridine rings is 2. The van der Waals surface area contributed by atoms with Crippen molar-refractivity contribution in [3.05, 3.63) is 199 Å². The lowest BCUT2D eigenvalue weighted by Gasteiger charge is -2.20. The van der Waals surface area contributed by atoms with E-state index in [4.69, 9.17) is 44.0 Å². The highest BCUT2D eigenvalue weighted by Gasteiger charge is 2.28. The lowest BCUT2D eigenvalue weighted by molar-refractivity contribution is 0.0421. The number of nitrogens with zero attached hydrogens (tertiary/aromatic N) is 11. The van der Waals surface area contributed by atoms with E-state index in [1.54, 1.807) is 71.7 Å². The lowest BCUT2D eigenvalue weighted by atomic mass is 10.0. The summed E-state index contributed by atoms with van der Waals surface area (Å²) in [6.45, 7) is 7.93. The number of rotatable bonds is 14. The summed E-state index contributed by atoms with van der Waals surface area (Å²) in [4.78, 5) is 47.5. The van der Waals surface area contributed by atoms with Gasteiger partial charge in [-0.05, 0) is 143 Å². The van der Waals surface area contributed by atoms with Crippen LogP contribution in [0.25, 0.3) is 4.85 Å². The third-order valence-electron chi connectivity index (χ3n) is 12.0. The van der Waals surface area contributed by atoms with Crippen molar-refractivity contribution in [3.63, 3.8) is 0 Å². The van der Waals surface area contributed by atoms with Crippen LogP contribution in [0.3, 0.4) is 0 Å². The fourth-order valence-corrected chi connectivity index (χ4v) is 7.82. The first kappa shape index (κ1) is 57.8. The van der Waals surface area contributed by atoms with Crippen LogP contribution in [0.1, 0.15) is 155 Å². The number of hydrogen-bond acceptors (Lipinski definition) is 17. The van der Waals surface area contributed by atoms with Gasteiger partial charge in [-0.3, -0.25) is 19.0 Å². The summed E-state index contributed by atoms with van der Waals surface area (Å²) in [5.41, 5.74) is 4.26. The molecule has 88 heavy (non-hydrogen) atoms. The number of aryl methyl sites for hydroxylation is 5. The van der Waals surface area contributed by atoms with Crippen molar-refractivity contribution in [2.24, 2.45) is 20.9 Å². The summed E-state index contributed by atoms with van der Waals surface area (Å²) in [7, 11) is 5.14. The summed E-state index contributed by atoms with van der Waals surface area (Å²) >= 11 is 0. The zero-order chi connectivity index (χ0) is 70.9. The largest absolute Gasteiger partial charge is 0.504 e. The van der Waals surface area contributed by atoms with Gasteiger partial charge in [0.15, 0.2) is 23.1 Å². The van der Waals surface area contributed by atoms with Gasteiger partial charge in [0.05, 0.1) is 52.9 Å². The minimum absolute atomic E-state index is 0. The molecular formula is C62H75F3N16O7. The summed E-state index contributed by atoms with van der Waals surface area (Å²) in [5.74, 6) is -1.24. The molecule has 1 aliphatic heterocycles. The molecule has 26 heteroatoms. The second-order valence-corrected chi connectivity index (χ2v) is 18.4. The summed E-state index contributed by atoms with van der Waals surface area (Å²) in [6.07, 6.45) is 1.31. The number of cyclic esters (lactones) is 1. The molecule has 2 amide bonds. The minimum atomic E-state index is -2.62. The van der Waals surface area contributed by atoms with Gasteiger partial charge in [-0.2, -0.15) is 20.7 Å². The third kappa shape index (κ3) is 19.7. The van der Waals surface area contributed by atoms with E-state index in [2.05, 4.69) is 56.7 Å². The van der Waals surface area contributed by atoms with Gasteiger partial charge in [0.2, 0.25) is 0 Å². The van der Waals surface area contributed by atoms with E-state index in [9.17, 15) is 32.7 Å². The minimum Gasteiger partial charge on any atom is -0.504 e. The molecule has 0 radical (unpaired) electrons. The fourth-order valence-electron chi connectivity index (χ4n) is 7.82. The predicted octanol–water partition coefficient (Wildman–Crippen LogP) is 10.1. The van der Waals surface area contributed by atoms with Crippen LogP contribution in [0.15, 0.2) is 97.3 Å². The van der Waals surface area contributed by atoms with Crippen molar-refractivity contribution in [1.29, 1.82) is 10.5 Å². The van der Waals surface area contributed by atoms with Crippen molar-refractivity contribution in [3.8, 4) is 23.6 Å². The number of hydrogen-bond donors (Lipinski definition) is 7. The molecule has 0 unspecified atom stereocenters. The number of aromatic hydroxyl groups is 1. The molecule has 0 fully saturated rings. The van der Waals surface area contributed by atoms with Crippen LogP contribution in [0.5, 0.6) is 11.5 Å². The molecule has 3 aromatic carbocycles. The smallest absolute Gasteiger partial charge is 0.339 e. The molecule has 9 rings (SSSR count). The van der Waals surface area contributed by atoms with Crippen molar-refractivity contribution >= 4 is 35.2 Å². The van der Waals surface area contributed by atoms with Crippen molar-refractivity contribution in [1.82, 2.24) is 55.3 Å². The maximum absolute atomic E-state index is 14.1. The Bertz CT molecular complexity index is 4180. The lowest BCUT2D eigenvalue weighted by Crippen LogP contribution is -2.25. The first-order valence-electron chi connectivity index (χ1n) is 30.2. The van der Waals surface area contributed by atoms with Crippen LogP contribution in [0, 0.1) is 60.5 Å². The second kappa shape index (κ2) is 33.8. The Labute approximate surface area is 523 Å². The molecule has 7 N–H and O–H groups in total. The standard InChI is InChI=1S/C22H23FN6O2.C15H15FN4O2.C9H7FO2.C7H10N4.C7H10N2O.2CH4.H2/c1-13-7-20(21(25-3)26-11-13)31-14(2)19-8-15(23)5-6-18(19)22(30)27-12-16-9-17(10-24)29(4)28-16;1-9(21)14-5-10(16)3-4-13(14)15(22)18-8-11-6-12(7-17)20(2)19-11;1-5-8-4-6(10)2-3-7(8)9(11)12-5;1-8-5-6-4-7(9-2)11(3)10-6;1-5-3-6(10)7(8-2)9-4-5;;;/h5-9,11,14H,12H2,1-4H3,(H,25,26)(H,27,30);3-6,9,21H,8H2,1-2H3,(H,18,22);2-5H,1H3;4,8H,5H2,1,3H3;3-4,10H,1-2H3,(H,8,9);2*1H4;1H/t14-;9-;5-;;;;;/m100...../s1/i4D3;2D3;;3D3;;;;. The maximum atomic E-state index is 14.1. The van der Waals surface area contributed by atoms with Crippen molar-refractivity contribution < 1.29 is 61.0 Å². The number of halogens is 3. The summed E-state index contributed by atoms with van der Waals surface area (Å²) in [6, 6.07) is 22.1. The molecule has 0 aliphatic carbocycles. The number of benzene rings is 3. The quantitative estimate of drug-likeness (QED) is 0.0393. The molecule has 8 aromatic rings. The highest BCUT2D eigenvalue weighted by Crippen LogP contribution is 2.32. The van der Waals surface area contributed by atoms with Gasteiger partial charge in [0.1, 0.15) is 53.2 Å². The monoisotopic (exact) mass is 1220 g/mol. The van der Waals surface area contributed by atoms with E-state index in [1.807, 2.05) is 13.8 Å². The average Bonchev–Trinajstić information content (AvgIpc) is 1.55. The number of carbonyl (C=O) groups is 3. The normalized spacial score (nSPS) is 14.0. The van der Waals surface area contributed by atoms with Crippen LogP contribution < -0.4 is 31.3 Å². The second-order valence-electron chi connectivity index (χ2n) is 18.4. The molecule has 5 aromatic heterocycles. The first-order chi connectivity index (χ1) is 44.6. The van der Waals surface area contributed by atoms with Gasteiger partial charge in [-0.15, -0.1) is 5.10 Å². The van der Waals surface area contributed by atoms with Crippen LogP contribution in [0.2, 0.25) is 0 Å².